The van der Waals surface area contributed by atoms with Crippen LogP contribution in [0.2, 0.25) is 0 Å². The fourth-order valence-corrected chi connectivity index (χ4v) is 2.81. The number of aliphatic hydroxyl groups excluding tert-OH is 1. The van der Waals surface area contributed by atoms with E-state index in [2.05, 4.69) is 17.2 Å². The van der Waals surface area contributed by atoms with Gasteiger partial charge in [0.2, 0.25) is 5.91 Å². The molecule has 2 amide bonds. The van der Waals surface area contributed by atoms with Gasteiger partial charge in [0.15, 0.2) is 0 Å². The Morgan fingerprint density at radius 2 is 1.79 bits per heavy atom. The van der Waals surface area contributed by atoms with Crippen molar-refractivity contribution in [3.63, 3.8) is 0 Å². The van der Waals surface area contributed by atoms with Crippen LogP contribution < -0.4 is 10.6 Å². The van der Waals surface area contributed by atoms with Crippen LogP contribution in [0.15, 0.2) is 73.3 Å². The molecule has 6 heteroatoms. The minimum absolute atomic E-state index is 0.00688. The Kier molecular flexibility index (Phi) is 5.72. The van der Waals surface area contributed by atoms with E-state index in [1.54, 1.807) is 0 Å². The summed E-state index contributed by atoms with van der Waals surface area (Å²) in [5.74, 6) is -1.22. The van der Waals surface area contributed by atoms with Crippen molar-refractivity contribution in [3.8, 4) is 5.75 Å². The molecule has 0 aliphatic rings. The van der Waals surface area contributed by atoms with E-state index in [-0.39, 0.29) is 17.9 Å². The third-order valence-corrected chi connectivity index (χ3v) is 4.31. The van der Waals surface area contributed by atoms with Crippen molar-refractivity contribution in [1.29, 1.82) is 0 Å². The summed E-state index contributed by atoms with van der Waals surface area (Å²) < 4.78 is 0. The average molecular weight is 376 g/mol. The molecule has 0 aliphatic heterocycles. The van der Waals surface area contributed by atoms with Crippen molar-refractivity contribution in [3.05, 3.63) is 84.4 Å². The summed E-state index contributed by atoms with van der Waals surface area (Å²) in [5, 5.41) is 27.5. The zero-order valence-electron chi connectivity index (χ0n) is 15.1. The molecule has 142 valence electrons. The van der Waals surface area contributed by atoms with Crippen LogP contribution in [0.4, 0.5) is 5.69 Å². The molecule has 3 aromatic carbocycles. The van der Waals surface area contributed by atoms with Gasteiger partial charge in [-0.05, 0) is 46.7 Å². The molecule has 0 heterocycles. The summed E-state index contributed by atoms with van der Waals surface area (Å²) in [5.41, 5.74) is 1.02. The number of hydrogen-bond acceptors (Lipinski definition) is 4. The van der Waals surface area contributed by atoms with Crippen LogP contribution in [0.3, 0.4) is 0 Å². The maximum atomic E-state index is 12.4. The fourth-order valence-electron chi connectivity index (χ4n) is 2.81. The lowest BCUT2D eigenvalue weighted by Gasteiger charge is -2.14. The van der Waals surface area contributed by atoms with E-state index in [4.69, 9.17) is 0 Å². The van der Waals surface area contributed by atoms with E-state index in [1.807, 2.05) is 42.5 Å². The second-order valence-electron chi connectivity index (χ2n) is 6.26. The van der Waals surface area contributed by atoms with Gasteiger partial charge in [-0.3, -0.25) is 9.59 Å². The highest BCUT2D eigenvalue weighted by Gasteiger charge is 2.15. The van der Waals surface area contributed by atoms with Crippen molar-refractivity contribution >= 4 is 28.3 Å². The van der Waals surface area contributed by atoms with Gasteiger partial charge in [-0.25, -0.2) is 0 Å². The van der Waals surface area contributed by atoms with Gasteiger partial charge < -0.3 is 20.8 Å². The third-order valence-electron chi connectivity index (χ3n) is 4.31. The van der Waals surface area contributed by atoms with Gasteiger partial charge in [0, 0.05) is 12.2 Å². The number of rotatable bonds is 6. The van der Waals surface area contributed by atoms with Gasteiger partial charge in [0.1, 0.15) is 5.75 Å². The van der Waals surface area contributed by atoms with Crippen LogP contribution in [-0.2, 0) is 4.79 Å². The first-order chi connectivity index (χ1) is 13.5. The van der Waals surface area contributed by atoms with Crippen LogP contribution >= 0.6 is 0 Å². The van der Waals surface area contributed by atoms with Crippen LogP contribution in [-0.4, -0.2) is 28.6 Å². The molecule has 0 aliphatic carbocycles. The number of phenols is 1. The standard InChI is InChI=1S/C22H20N2O4/c1-2-21(27)24-17-9-10-19(25)18(12-17)22(28)23-13-20(26)16-8-7-14-5-3-4-6-15(14)11-16/h2-12,20,25-26H,1,13H2,(H,23,28)(H,24,27)/t20-/m1/s1. The molecule has 0 unspecified atom stereocenters. The summed E-state index contributed by atoms with van der Waals surface area (Å²) in [6.07, 6.45) is 0.200. The maximum Gasteiger partial charge on any atom is 0.255 e. The van der Waals surface area contributed by atoms with Crippen LogP contribution in [0, 0.1) is 0 Å². The van der Waals surface area contributed by atoms with Crippen LogP contribution in [0.5, 0.6) is 5.75 Å². The highest BCUT2D eigenvalue weighted by molar-refractivity contribution is 6.02. The van der Waals surface area contributed by atoms with Gasteiger partial charge in [0.05, 0.1) is 11.7 Å². The zero-order valence-corrected chi connectivity index (χ0v) is 15.1. The summed E-state index contributed by atoms with van der Waals surface area (Å²) in [7, 11) is 0. The molecule has 0 radical (unpaired) electrons. The average Bonchev–Trinajstić information content (AvgIpc) is 2.72. The first-order valence-corrected chi connectivity index (χ1v) is 8.69. The Labute approximate surface area is 162 Å². The molecule has 0 aromatic heterocycles. The quantitative estimate of drug-likeness (QED) is 0.392. The molecule has 0 saturated heterocycles. The van der Waals surface area contributed by atoms with Gasteiger partial charge in [-0.15, -0.1) is 0 Å². The van der Waals surface area contributed by atoms with E-state index in [9.17, 15) is 19.8 Å². The van der Waals surface area contributed by atoms with Gasteiger partial charge in [0.25, 0.3) is 5.91 Å². The minimum atomic E-state index is -0.903. The van der Waals surface area contributed by atoms with Gasteiger partial charge in [-0.2, -0.15) is 0 Å². The molecule has 0 saturated carbocycles. The Balaban J connectivity index is 1.69. The van der Waals surface area contributed by atoms with Gasteiger partial charge in [-0.1, -0.05) is 43.0 Å². The normalized spacial score (nSPS) is 11.6. The number of amides is 2. The smallest absolute Gasteiger partial charge is 0.255 e. The predicted molar refractivity (Wildman–Crippen MR) is 108 cm³/mol. The van der Waals surface area contributed by atoms with Crippen molar-refractivity contribution in [2.45, 2.75) is 6.10 Å². The van der Waals surface area contributed by atoms with Crippen molar-refractivity contribution < 1.29 is 19.8 Å². The summed E-state index contributed by atoms with van der Waals surface area (Å²) in [4.78, 5) is 23.8. The third kappa shape index (κ3) is 4.36. The Hall–Kier alpha value is -3.64. The summed E-state index contributed by atoms with van der Waals surface area (Å²) >= 11 is 0. The summed E-state index contributed by atoms with van der Waals surface area (Å²) in [6, 6.07) is 17.5. The molecule has 3 rings (SSSR count). The number of phenolic OH excluding ortho intramolecular Hbond substituents is 1. The topological polar surface area (TPSA) is 98.7 Å². The molecule has 28 heavy (non-hydrogen) atoms. The summed E-state index contributed by atoms with van der Waals surface area (Å²) in [6.45, 7) is 3.33. The number of benzene rings is 3. The fraction of sp³-hybridized carbons (Fsp3) is 0.0909. The maximum absolute atomic E-state index is 12.4. The number of aliphatic hydroxyl groups is 1. The number of carbonyl (C=O) groups excluding carboxylic acids is 2. The number of hydrogen-bond donors (Lipinski definition) is 4. The molecular formula is C22H20N2O4. The highest BCUT2D eigenvalue weighted by atomic mass is 16.3. The Morgan fingerprint density at radius 3 is 2.54 bits per heavy atom. The minimum Gasteiger partial charge on any atom is -0.507 e. The predicted octanol–water partition coefficient (Wildman–Crippen LogP) is 3.13. The Morgan fingerprint density at radius 1 is 1.04 bits per heavy atom. The van der Waals surface area contributed by atoms with Crippen LogP contribution in [0.25, 0.3) is 10.8 Å². The number of nitrogens with one attached hydrogen (secondary N) is 2. The van der Waals surface area contributed by atoms with E-state index in [0.29, 0.717) is 11.3 Å². The Bertz CT molecular complexity index is 1050. The largest absolute Gasteiger partial charge is 0.507 e. The van der Waals surface area contributed by atoms with E-state index in [1.165, 1.54) is 18.2 Å². The van der Waals surface area contributed by atoms with Crippen molar-refractivity contribution in [2.75, 3.05) is 11.9 Å². The molecule has 1 atom stereocenters. The lowest BCUT2D eigenvalue weighted by atomic mass is 10.0. The number of fused-ring (bicyclic) bond motifs is 1. The molecule has 0 fully saturated rings. The van der Waals surface area contributed by atoms with Crippen molar-refractivity contribution in [2.24, 2.45) is 0 Å². The SMILES string of the molecule is C=CC(=O)Nc1ccc(O)c(C(=O)NC[C@@H](O)c2ccc3ccccc3c2)c1. The van der Waals surface area contributed by atoms with Crippen LogP contribution in [0.1, 0.15) is 22.0 Å². The lowest BCUT2D eigenvalue weighted by Crippen LogP contribution is -2.28. The lowest BCUT2D eigenvalue weighted by molar-refractivity contribution is -0.111. The van der Waals surface area contributed by atoms with E-state index >= 15 is 0 Å². The molecule has 4 N–H and O–H groups in total. The van der Waals surface area contributed by atoms with E-state index < -0.39 is 17.9 Å². The molecule has 0 bridgehead atoms. The molecule has 3 aromatic rings. The van der Waals surface area contributed by atoms with E-state index in [0.717, 1.165) is 16.8 Å². The number of carbonyl (C=O) groups is 2. The monoisotopic (exact) mass is 376 g/mol. The second kappa shape index (κ2) is 8.37. The number of aromatic hydroxyl groups is 1. The molecule has 0 spiro atoms. The first kappa shape index (κ1) is 19.1. The molecule has 6 nitrogen and oxygen atoms in total. The highest BCUT2D eigenvalue weighted by Crippen LogP contribution is 2.23. The second-order valence-corrected chi connectivity index (χ2v) is 6.26. The number of anilines is 1. The molecular weight excluding hydrogens is 356 g/mol. The zero-order chi connectivity index (χ0) is 20.1. The van der Waals surface area contributed by atoms with Gasteiger partial charge >= 0.3 is 0 Å². The van der Waals surface area contributed by atoms with Crippen molar-refractivity contribution in [1.82, 2.24) is 5.32 Å². The first-order valence-electron chi connectivity index (χ1n) is 8.69.